The number of hydrogen-bond acceptors (Lipinski definition) is 7. The Morgan fingerprint density at radius 1 is 1.37 bits per heavy atom. The molecule has 1 aromatic rings. The summed E-state index contributed by atoms with van der Waals surface area (Å²) in [6, 6.07) is 8.70. The fraction of sp³-hybridized carbons (Fsp3) is 0.350. The molecule has 0 spiro atoms. The van der Waals surface area contributed by atoms with Crippen LogP contribution in [0.1, 0.15) is 43.1 Å². The van der Waals surface area contributed by atoms with Crippen LogP contribution >= 0.6 is 0 Å². The number of nitrogens with two attached hydrogens (primary N) is 1. The summed E-state index contributed by atoms with van der Waals surface area (Å²) in [5.74, 6) is -2.89. The first-order valence-electron chi connectivity index (χ1n) is 8.70. The second-order valence-electron chi connectivity index (χ2n) is 6.85. The van der Waals surface area contributed by atoms with E-state index in [1.165, 1.54) is 0 Å². The Bertz CT molecular complexity index is 1000. The average molecular weight is 366 g/mol. The lowest BCUT2D eigenvalue weighted by Gasteiger charge is -2.31. The molecule has 1 aromatic carbocycles. The van der Waals surface area contributed by atoms with E-state index in [9.17, 15) is 14.9 Å². The monoisotopic (exact) mass is 366 g/mol. The number of hydrogen-bond donors (Lipinski definition) is 1. The number of rotatable bonds is 3. The van der Waals surface area contributed by atoms with E-state index >= 15 is 0 Å². The first kappa shape index (κ1) is 17.2. The molecule has 0 aromatic heterocycles. The third kappa shape index (κ3) is 1.75. The Hall–Kier alpha value is -3.27. The molecule has 138 valence electrons. The number of nitrogens with zero attached hydrogens (tertiary/aromatic N) is 1. The zero-order chi connectivity index (χ0) is 19.6. The smallest absolute Gasteiger partial charge is 0.339 e. The van der Waals surface area contributed by atoms with Crippen LogP contribution in [-0.2, 0) is 24.8 Å². The normalized spacial score (nSPS) is 28.7. The van der Waals surface area contributed by atoms with Gasteiger partial charge in [-0.1, -0.05) is 31.2 Å². The van der Waals surface area contributed by atoms with Crippen molar-refractivity contribution in [1.82, 2.24) is 0 Å². The van der Waals surface area contributed by atoms with Crippen molar-refractivity contribution < 1.29 is 23.8 Å². The maximum absolute atomic E-state index is 13.6. The highest BCUT2D eigenvalue weighted by Crippen LogP contribution is 2.69. The van der Waals surface area contributed by atoms with Gasteiger partial charge in [-0.25, -0.2) is 4.79 Å². The van der Waals surface area contributed by atoms with Gasteiger partial charge in [-0.2, -0.15) is 5.26 Å². The molecule has 0 radical (unpaired) electrons. The molecule has 27 heavy (non-hydrogen) atoms. The van der Waals surface area contributed by atoms with E-state index in [1.54, 1.807) is 38.1 Å². The summed E-state index contributed by atoms with van der Waals surface area (Å²) < 4.78 is 17.3. The van der Waals surface area contributed by atoms with Crippen LogP contribution in [0.4, 0.5) is 0 Å². The van der Waals surface area contributed by atoms with Gasteiger partial charge in [-0.15, -0.1) is 0 Å². The molecule has 1 aliphatic carbocycles. The number of ether oxygens (including phenoxy) is 3. The van der Waals surface area contributed by atoms with E-state index in [1.807, 2.05) is 13.0 Å². The fourth-order valence-corrected chi connectivity index (χ4v) is 4.17. The molecule has 4 rings (SSSR count). The van der Waals surface area contributed by atoms with Gasteiger partial charge in [-0.05, 0) is 20.3 Å². The number of ketones is 1. The van der Waals surface area contributed by atoms with Gasteiger partial charge in [0.05, 0.1) is 6.10 Å². The second-order valence-corrected chi connectivity index (χ2v) is 6.85. The lowest BCUT2D eigenvalue weighted by atomic mass is 9.69. The van der Waals surface area contributed by atoms with Crippen LogP contribution in [0.5, 0.6) is 0 Å². The van der Waals surface area contributed by atoms with Crippen LogP contribution in [0.2, 0.25) is 0 Å². The molecule has 0 bridgehead atoms. The fourth-order valence-electron chi connectivity index (χ4n) is 4.17. The predicted octanol–water partition coefficient (Wildman–Crippen LogP) is 2.39. The number of nitriles is 1. The summed E-state index contributed by atoms with van der Waals surface area (Å²) >= 11 is 0. The van der Waals surface area contributed by atoms with E-state index < -0.39 is 23.0 Å². The zero-order valence-electron chi connectivity index (χ0n) is 15.2. The summed E-state index contributed by atoms with van der Waals surface area (Å²) in [6.45, 7) is 5.19. The van der Waals surface area contributed by atoms with Crippen molar-refractivity contribution in [2.75, 3.05) is 0 Å². The van der Waals surface area contributed by atoms with Gasteiger partial charge < -0.3 is 19.9 Å². The summed E-state index contributed by atoms with van der Waals surface area (Å²) in [6.07, 6.45) is 0.238. The average Bonchev–Trinajstić information content (AvgIpc) is 3.11. The van der Waals surface area contributed by atoms with Crippen LogP contribution in [-0.4, -0.2) is 17.9 Å². The second kappa shape index (κ2) is 5.36. The lowest BCUT2D eigenvalue weighted by Crippen LogP contribution is -2.45. The van der Waals surface area contributed by atoms with Gasteiger partial charge in [0, 0.05) is 11.1 Å². The minimum atomic E-state index is -1.79. The molecule has 7 heteroatoms. The molecule has 0 saturated carbocycles. The Balaban J connectivity index is 2.00. The summed E-state index contributed by atoms with van der Waals surface area (Å²) in [7, 11) is 0. The molecular weight excluding hydrogens is 348 g/mol. The van der Waals surface area contributed by atoms with E-state index in [2.05, 4.69) is 0 Å². The third-order valence-corrected chi connectivity index (χ3v) is 5.46. The van der Waals surface area contributed by atoms with E-state index in [0.717, 1.165) is 0 Å². The molecule has 3 atom stereocenters. The minimum absolute atomic E-state index is 0.0269. The maximum atomic E-state index is 13.6. The van der Waals surface area contributed by atoms with E-state index in [4.69, 9.17) is 19.9 Å². The molecule has 0 fully saturated rings. The van der Waals surface area contributed by atoms with Crippen LogP contribution in [0.3, 0.4) is 0 Å². The SMILES string of the molecule is CC[C@H](C)OC(=O)C1=C(C)O[C@@]23OC(N)=C(C#N)[C@@]12C(=O)c1ccccc13. The summed E-state index contributed by atoms with van der Waals surface area (Å²) in [4.78, 5) is 26.6. The van der Waals surface area contributed by atoms with Gasteiger partial charge in [-0.3, -0.25) is 4.79 Å². The Labute approximate surface area is 156 Å². The minimum Gasteiger partial charge on any atom is -0.459 e. The van der Waals surface area contributed by atoms with Crippen LogP contribution in [0.25, 0.3) is 0 Å². The molecular formula is C20H18N2O5. The number of allylic oxidation sites excluding steroid dienone is 1. The number of esters is 1. The van der Waals surface area contributed by atoms with E-state index in [-0.39, 0.29) is 28.9 Å². The molecule has 2 N–H and O–H groups in total. The first-order valence-corrected chi connectivity index (χ1v) is 8.70. The van der Waals surface area contributed by atoms with E-state index in [0.29, 0.717) is 17.5 Å². The van der Waals surface area contributed by atoms with Gasteiger partial charge >= 0.3 is 11.8 Å². The van der Waals surface area contributed by atoms with Gasteiger partial charge in [0.15, 0.2) is 11.2 Å². The van der Waals surface area contributed by atoms with Crippen LogP contribution in [0, 0.1) is 16.7 Å². The maximum Gasteiger partial charge on any atom is 0.339 e. The highest BCUT2D eigenvalue weighted by molar-refractivity contribution is 6.16. The molecule has 0 unspecified atom stereocenters. The van der Waals surface area contributed by atoms with Crippen molar-refractivity contribution in [3.05, 3.63) is 58.2 Å². The quantitative estimate of drug-likeness (QED) is 0.817. The van der Waals surface area contributed by atoms with Crippen LogP contribution < -0.4 is 5.73 Å². The van der Waals surface area contributed by atoms with Crippen molar-refractivity contribution >= 4 is 11.8 Å². The van der Waals surface area contributed by atoms with Crippen molar-refractivity contribution in [1.29, 1.82) is 5.26 Å². The van der Waals surface area contributed by atoms with Gasteiger partial charge in [0.1, 0.15) is 23.0 Å². The standard InChI is InChI=1S/C20H18N2O5/c1-4-10(2)25-18(24)15-11(3)26-20-13-8-6-5-7-12(13)16(23)19(15,20)14(9-21)17(22)27-20/h5-8,10H,4,22H2,1-3H3/t10-,19-,20-/m0/s1. The highest BCUT2D eigenvalue weighted by Gasteiger charge is 2.80. The molecule has 2 aliphatic heterocycles. The van der Waals surface area contributed by atoms with Crippen molar-refractivity contribution in [2.24, 2.45) is 11.1 Å². The number of benzene rings is 1. The van der Waals surface area contributed by atoms with Gasteiger partial charge in [0.2, 0.25) is 5.88 Å². The van der Waals surface area contributed by atoms with Crippen molar-refractivity contribution in [2.45, 2.75) is 39.1 Å². The zero-order valence-corrected chi connectivity index (χ0v) is 15.2. The Morgan fingerprint density at radius 3 is 2.74 bits per heavy atom. The molecule has 0 saturated heterocycles. The third-order valence-electron chi connectivity index (χ3n) is 5.46. The Kier molecular flexibility index (Phi) is 3.41. The van der Waals surface area contributed by atoms with Gasteiger partial charge in [0.25, 0.3) is 0 Å². The number of carbonyl (C=O) groups excluding carboxylic acids is 2. The summed E-state index contributed by atoms with van der Waals surface area (Å²) in [5, 5.41) is 9.78. The van der Waals surface area contributed by atoms with Crippen molar-refractivity contribution in [3.8, 4) is 6.07 Å². The predicted molar refractivity (Wildman–Crippen MR) is 92.4 cm³/mol. The number of carbonyl (C=O) groups is 2. The van der Waals surface area contributed by atoms with Crippen molar-refractivity contribution in [3.63, 3.8) is 0 Å². The van der Waals surface area contributed by atoms with Crippen LogP contribution in [0.15, 0.2) is 47.1 Å². The molecule has 0 amide bonds. The summed E-state index contributed by atoms with van der Waals surface area (Å²) in [5.41, 5.74) is 4.77. The Morgan fingerprint density at radius 2 is 2.07 bits per heavy atom. The number of Topliss-reactive ketones (excluding diaryl/α,β-unsaturated/α-hetero) is 1. The highest BCUT2D eigenvalue weighted by atomic mass is 16.7. The molecule has 2 heterocycles. The topological polar surface area (TPSA) is 112 Å². The number of fused-ring (bicyclic) bond motifs is 1. The largest absolute Gasteiger partial charge is 0.459 e. The molecule has 7 nitrogen and oxygen atoms in total. The first-order chi connectivity index (χ1) is 12.8. The molecule has 3 aliphatic rings. The lowest BCUT2D eigenvalue weighted by molar-refractivity contribution is -0.199.